The molecule has 8 nitrogen and oxygen atoms in total. The molecule has 0 aromatic carbocycles. The topological polar surface area (TPSA) is 105 Å². The number of phosphoric ester groups is 1. The zero-order valence-corrected chi connectivity index (χ0v) is 36.9. The standard InChI is InChI=1S/C45H87N2O6P/c1-6-8-10-12-14-16-18-20-22-24-26-28-30-32-34-36-38-44(48)43(42-53-54(50,51)52-41-40-47(3,4)5)46-45(49)39-37-35-33-31-29-27-25-23-21-19-17-15-13-11-9-7-2/h20,22,28,30,36,38,43-44,48H,6-19,21,23-27,29,31-35,37,39-42H2,1-5H3,(H-,46,49,50,51)/p+1/b22-20+,30-28+,38-36+. The second-order valence-electron chi connectivity index (χ2n) is 16.4. The first kappa shape index (κ1) is 52.7. The summed E-state index contributed by atoms with van der Waals surface area (Å²) >= 11 is 0. The number of carbonyl (C=O) groups is 1. The van der Waals surface area contributed by atoms with Crippen molar-refractivity contribution in [1.82, 2.24) is 5.32 Å². The highest BCUT2D eigenvalue weighted by Crippen LogP contribution is 2.43. The molecule has 54 heavy (non-hydrogen) atoms. The summed E-state index contributed by atoms with van der Waals surface area (Å²) in [6, 6.07) is -0.865. The van der Waals surface area contributed by atoms with Crippen LogP contribution in [0, 0.1) is 0 Å². The summed E-state index contributed by atoms with van der Waals surface area (Å²) in [6.07, 6.45) is 45.0. The molecule has 0 saturated carbocycles. The minimum atomic E-state index is -4.34. The van der Waals surface area contributed by atoms with E-state index in [-0.39, 0.29) is 19.1 Å². The Morgan fingerprint density at radius 1 is 0.611 bits per heavy atom. The Labute approximate surface area is 334 Å². The lowest BCUT2D eigenvalue weighted by molar-refractivity contribution is -0.870. The highest BCUT2D eigenvalue weighted by atomic mass is 31.2. The molecule has 0 aliphatic carbocycles. The van der Waals surface area contributed by atoms with Gasteiger partial charge < -0.3 is 19.8 Å². The number of rotatable bonds is 40. The minimum absolute atomic E-state index is 0.0546. The molecule has 3 unspecified atom stereocenters. The Kier molecular flexibility index (Phi) is 36.4. The molecule has 318 valence electrons. The van der Waals surface area contributed by atoms with E-state index in [1.807, 2.05) is 27.2 Å². The highest BCUT2D eigenvalue weighted by molar-refractivity contribution is 7.47. The predicted octanol–water partition coefficient (Wildman–Crippen LogP) is 12.3. The number of carbonyl (C=O) groups excluding carboxylic acids is 1. The van der Waals surface area contributed by atoms with E-state index in [1.165, 1.54) is 128 Å². The third kappa shape index (κ3) is 39.0. The van der Waals surface area contributed by atoms with Gasteiger partial charge in [0.25, 0.3) is 0 Å². The van der Waals surface area contributed by atoms with Crippen molar-refractivity contribution in [2.45, 2.75) is 206 Å². The summed E-state index contributed by atoms with van der Waals surface area (Å²) in [4.78, 5) is 23.1. The number of aliphatic hydroxyl groups excluding tert-OH is 1. The second kappa shape index (κ2) is 37.3. The largest absolute Gasteiger partial charge is 0.472 e. The van der Waals surface area contributed by atoms with Crippen LogP contribution in [0.2, 0.25) is 0 Å². The number of nitrogens with one attached hydrogen (secondary N) is 1. The van der Waals surface area contributed by atoms with Crippen molar-refractivity contribution in [2.75, 3.05) is 40.9 Å². The fourth-order valence-corrected chi connectivity index (χ4v) is 6.98. The van der Waals surface area contributed by atoms with Crippen molar-refractivity contribution in [3.8, 4) is 0 Å². The van der Waals surface area contributed by atoms with Crippen LogP contribution in [-0.4, -0.2) is 73.4 Å². The van der Waals surface area contributed by atoms with Crippen LogP contribution in [0.15, 0.2) is 36.5 Å². The first-order valence-corrected chi connectivity index (χ1v) is 23.9. The van der Waals surface area contributed by atoms with Crippen molar-refractivity contribution in [3.05, 3.63) is 36.5 Å². The molecule has 1 amide bonds. The van der Waals surface area contributed by atoms with Gasteiger partial charge in [0, 0.05) is 6.42 Å². The molecule has 3 atom stereocenters. The normalized spacial score (nSPS) is 14.7. The Morgan fingerprint density at radius 3 is 1.48 bits per heavy atom. The lowest BCUT2D eigenvalue weighted by Gasteiger charge is -2.25. The summed E-state index contributed by atoms with van der Waals surface area (Å²) < 4.78 is 23.5. The van der Waals surface area contributed by atoms with Gasteiger partial charge in [-0.1, -0.05) is 179 Å². The van der Waals surface area contributed by atoms with Gasteiger partial charge in [-0.25, -0.2) is 4.57 Å². The number of allylic oxidation sites excluding steroid dienone is 5. The van der Waals surface area contributed by atoms with Crippen molar-refractivity contribution in [2.24, 2.45) is 0 Å². The summed E-state index contributed by atoms with van der Waals surface area (Å²) in [5.41, 5.74) is 0. The van der Waals surface area contributed by atoms with Crippen molar-refractivity contribution in [1.29, 1.82) is 0 Å². The number of phosphoric acid groups is 1. The number of aliphatic hydroxyl groups is 1. The van der Waals surface area contributed by atoms with Crippen molar-refractivity contribution in [3.63, 3.8) is 0 Å². The number of hydrogen-bond donors (Lipinski definition) is 3. The van der Waals surface area contributed by atoms with E-state index in [4.69, 9.17) is 9.05 Å². The molecule has 0 aliphatic heterocycles. The molecule has 0 radical (unpaired) electrons. The van der Waals surface area contributed by atoms with Crippen LogP contribution in [-0.2, 0) is 18.4 Å². The molecule has 0 heterocycles. The summed E-state index contributed by atoms with van der Waals surface area (Å²) in [5, 5.41) is 13.8. The van der Waals surface area contributed by atoms with Crippen LogP contribution in [0.5, 0.6) is 0 Å². The Hall–Kier alpha value is -1.28. The number of quaternary nitrogens is 1. The fraction of sp³-hybridized carbons (Fsp3) is 0.844. The molecule has 0 aliphatic rings. The molecule has 0 aromatic rings. The monoisotopic (exact) mass is 784 g/mol. The van der Waals surface area contributed by atoms with E-state index in [0.29, 0.717) is 17.4 Å². The van der Waals surface area contributed by atoms with Crippen LogP contribution >= 0.6 is 7.82 Å². The third-order valence-corrected chi connectivity index (χ3v) is 10.8. The van der Waals surface area contributed by atoms with E-state index >= 15 is 0 Å². The van der Waals surface area contributed by atoms with Gasteiger partial charge in [-0.15, -0.1) is 0 Å². The van der Waals surface area contributed by atoms with Crippen LogP contribution in [0.25, 0.3) is 0 Å². The van der Waals surface area contributed by atoms with E-state index in [9.17, 15) is 19.4 Å². The molecule has 0 fully saturated rings. The van der Waals surface area contributed by atoms with Gasteiger partial charge in [0.05, 0.1) is 39.9 Å². The second-order valence-corrected chi connectivity index (χ2v) is 17.9. The van der Waals surface area contributed by atoms with Gasteiger partial charge >= 0.3 is 7.82 Å². The molecule has 0 bridgehead atoms. The van der Waals surface area contributed by atoms with E-state index in [2.05, 4.69) is 43.5 Å². The SMILES string of the molecule is CCCCCCCC/C=C/CC/C=C/CC/C=C/C(O)C(COP(=O)(O)OCC[N+](C)(C)C)NC(=O)CCCCCCCCCCCCCCCCCC. The average Bonchev–Trinajstić information content (AvgIpc) is 3.12. The van der Waals surface area contributed by atoms with Gasteiger partial charge in [0.1, 0.15) is 13.2 Å². The maximum Gasteiger partial charge on any atom is 0.472 e. The van der Waals surface area contributed by atoms with Crippen molar-refractivity contribution < 1.29 is 32.9 Å². The number of likely N-dealkylation sites (N-methyl/N-ethyl adjacent to an activating group) is 1. The van der Waals surface area contributed by atoms with Crippen LogP contribution in [0.3, 0.4) is 0 Å². The van der Waals surface area contributed by atoms with Gasteiger partial charge in [0.15, 0.2) is 0 Å². The van der Waals surface area contributed by atoms with E-state index in [1.54, 1.807) is 6.08 Å². The number of amides is 1. The van der Waals surface area contributed by atoms with Gasteiger partial charge in [-0.3, -0.25) is 13.8 Å². The zero-order valence-electron chi connectivity index (χ0n) is 36.0. The number of nitrogens with zero attached hydrogens (tertiary/aromatic N) is 1. The minimum Gasteiger partial charge on any atom is -0.387 e. The molecule has 0 aromatic heterocycles. The summed E-state index contributed by atoms with van der Waals surface area (Å²) in [7, 11) is 1.55. The first-order valence-electron chi connectivity index (χ1n) is 22.4. The molecule has 0 saturated heterocycles. The first-order chi connectivity index (χ1) is 26.0. The zero-order chi connectivity index (χ0) is 40.0. The molecule has 9 heteroatoms. The van der Waals surface area contributed by atoms with Crippen LogP contribution in [0.4, 0.5) is 0 Å². The lowest BCUT2D eigenvalue weighted by atomic mass is 10.0. The van der Waals surface area contributed by atoms with E-state index in [0.717, 1.165) is 44.9 Å². The van der Waals surface area contributed by atoms with Gasteiger partial charge in [-0.05, 0) is 44.9 Å². The predicted molar refractivity (Wildman–Crippen MR) is 231 cm³/mol. The Balaban J connectivity index is 4.49. The molecule has 0 spiro atoms. The Bertz CT molecular complexity index is 980. The quantitative estimate of drug-likeness (QED) is 0.0247. The molecule has 0 rings (SSSR count). The molecule has 3 N–H and O–H groups in total. The van der Waals surface area contributed by atoms with E-state index < -0.39 is 20.0 Å². The maximum atomic E-state index is 12.9. The smallest absolute Gasteiger partial charge is 0.387 e. The van der Waals surface area contributed by atoms with Gasteiger partial charge in [-0.2, -0.15) is 0 Å². The van der Waals surface area contributed by atoms with Crippen molar-refractivity contribution >= 4 is 13.7 Å². The average molecular weight is 784 g/mol. The number of hydrogen-bond acceptors (Lipinski definition) is 5. The summed E-state index contributed by atoms with van der Waals surface area (Å²) in [5.74, 6) is -0.191. The highest BCUT2D eigenvalue weighted by Gasteiger charge is 2.27. The molecular weight excluding hydrogens is 695 g/mol. The molecular formula is C45H88N2O6P+. The fourth-order valence-electron chi connectivity index (χ4n) is 6.25. The van der Waals surface area contributed by atoms with Crippen LogP contribution in [0.1, 0.15) is 194 Å². The number of unbranched alkanes of at least 4 members (excludes halogenated alkanes) is 23. The lowest BCUT2D eigenvalue weighted by Crippen LogP contribution is -2.45. The maximum absolute atomic E-state index is 12.9. The Morgan fingerprint density at radius 2 is 1.02 bits per heavy atom. The van der Waals surface area contributed by atoms with Gasteiger partial charge in [0.2, 0.25) is 5.91 Å². The summed E-state index contributed by atoms with van der Waals surface area (Å²) in [6.45, 7) is 4.77. The third-order valence-electron chi connectivity index (χ3n) is 9.84. The van der Waals surface area contributed by atoms with Crippen LogP contribution < -0.4 is 5.32 Å².